The molecular weight excluding hydrogens is 339 g/mol. The van der Waals surface area contributed by atoms with Crippen LogP contribution < -0.4 is 4.72 Å². The minimum atomic E-state index is -4.60. The molecule has 0 atom stereocenters. The van der Waals surface area contributed by atoms with E-state index in [1.807, 2.05) is 0 Å². The van der Waals surface area contributed by atoms with Gasteiger partial charge in [-0.25, -0.2) is 13.1 Å². The summed E-state index contributed by atoms with van der Waals surface area (Å²) >= 11 is 5.90. The first kappa shape index (κ1) is 16.8. The molecule has 3 nitrogen and oxygen atoms in total. The van der Waals surface area contributed by atoms with E-state index in [0.717, 1.165) is 18.2 Å². The molecule has 8 heteroatoms. The maximum absolute atomic E-state index is 12.6. The molecule has 0 heterocycles. The van der Waals surface area contributed by atoms with Crippen molar-refractivity contribution in [2.45, 2.75) is 17.6 Å². The molecule has 0 radical (unpaired) electrons. The Kier molecular flexibility index (Phi) is 4.79. The Bertz CT molecular complexity index is 776. The number of hydrogen-bond acceptors (Lipinski definition) is 2. The highest BCUT2D eigenvalue weighted by molar-refractivity contribution is 7.89. The number of nitrogens with one attached hydrogen (secondary N) is 1. The van der Waals surface area contributed by atoms with E-state index in [1.54, 1.807) is 24.3 Å². The standard InChI is InChI=1S/C14H11ClF3NO2S/c15-13-7-2-1-4-10(13)9-19-22(20,21)12-6-3-5-11(8-12)14(16,17)18/h1-8,19H,9H2. The molecule has 1 N–H and O–H groups in total. The van der Waals surface area contributed by atoms with Crippen molar-refractivity contribution in [1.82, 2.24) is 4.72 Å². The summed E-state index contributed by atoms with van der Waals surface area (Å²) in [6.45, 7) is -0.113. The quantitative estimate of drug-likeness (QED) is 0.911. The van der Waals surface area contributed by atoms with Gasteiger partial charge in [-0.15, -0.1) is 0 Å². The molecule has 0 spiro atoms. The van der Waals surface area contributed by atoms with Crippen molar-refractivity contribution in [3.63, 3.8) is 0 Å². The normalized spacial score (nSPS) is 12.4. The number of benzene rings is 2. The maximum Gasteiger partial charge on any atom is 0.416 e. The Labute approximate surface area is 130 Å². The van der Waals surface area contributed by atoms with E-state index in [-0.39, 0.29) is 6.54 Å². The number of alkyl halides is 3. The van der Waals surface area contributed by atoms with Crippen LogP contribution in [0.1, 0.15) is 11.1 Å². The van der Waals surface area contributed by atoms with E-state index in [1.165, 1.54) is 0 Å². The first-order chi connectivity index (χ1) is 10.2. The smallest absolute Gasteiger partial charge is 0.207 e. The molecular formula is C14H11ClF3NO2S. The SMILES string of the molecule is O=S(=O)(NCc1ccccc1Cl)c1cccc(C(F)(F)F)c1. The lowest BCUT2D eigenvalue weighted by Crippen LogP contribution is -2.23. The van der Waals surface area contributed by atoms with Gasteiger partial charge >= 0.3 is 6.18 Å². The topological polar surface area (TPSA) is 46.2 Å². The minimum Gasteiger partial charge on any atom is -0.207 e. The lowest BCUT2D eigenvalue weighted by molar-refractivity contribution is -0.137. The van der Waals surface area contributed by atoms with Gasteiger partial charge in [-0.1, -0.05) is 35.9 Å². The number of sulfonamides is 1. The summed E-state index contributed by atoms with van der Waals surface area (Å²) in [5, 5.41) is 0.370. The van der Waals surface area contributed by atoms with Crippen LogP contribution in [0.15, 0.2) is 53.4 Å². The summed E-state index contributed by atoms with van der Waals surface area (Å²) in [7, 11) is -4.07. The van der Waals surface area contributed by atoms with Crippen LogP contribution in [0.2, 0.25) is 5.02 Å². The van der Waals surface area contributed by atoms with Gasteiger partial charge < -0.3 is 0 Å². The molecule has 2 aromatic rings. The molecule has 0 unspecified atom stereocenters. The minimum absolute atomic E-state index is 0.113. The summed E-state index contributed by atoms with van der Waals surface area (Å²) in [6, 6.07) is 10.1. The summed E-state index contributed by atoms with van der Waals surface area (Å²) in [4.78, 5) is -0.450. The molecule has 0 saturated carbocycles. The van der Waals surface area contributed by atoms with Gasteiger partial charge in [0.05, 0.1) is 10.5 Å². The Balaban J connectivity index is 2.23. The zero-order chi connectivity index (χ0) is 16.4. The van der Waals surface area contributed by atoms with Crippen LogP contribution in [0.5, 0.6) is 0 Å². The summed E-state index contributed by atoms with van der Waals surface area (Å²) < 4.78 is 64.3. The third-order valence-corrected chi connectivity index (χ3v) is 4.65. The van der Waals surface area contributed by atoms with Gasteiger partial charge in [-0.3, -0.25) is 0 Å². The fourth-order valence-corrected chi connectivity index (χ4v) is 2.99. The zero-order valence-electron chi connectivity index (χ0n) is 11.1. The van der Waals surface area contributed by atoms with E-state index >= 15 is 0 Å². The van der Waals surface area contributed by atoms with Crippen LogP contribution in [0, 0.1) is 0 Å². The van der Waals surface area contributed by atoms with Crippen molar-refractivity contribution in [2.75, 3.05) is 0 Å². The number of hydrogen-bond donors (Lipinski definition) is 1. The fourth-order valence-electron chi connectivity index (χ4n) is 1.74. The molecule has 0 aliphatic heterocycles. The summed E-state index contributed by atoms with van der Waals surface area (Å²) in [5.74, 6) is 0. The summed E-state index contributed by atoms with van der Waals surface area (Å²) in [5.41, 5.74) is -0.493. The fraction of sp³-hybridized carbons (Fsp3) is 0.143. The Morgan fingerprint density at radius 1 is 1.05 bits per heavy atom. The van der Waals surface area contributed by atoms with Gasteiger partial charge in [-0.2, -0.15) is 13.2 Å². The van der Waals surface area contributed by atoms with Crippen molar-refractivity contribution in [2.24, 2.45) is 0 Å². The highest BCUT2D eigenvalue weighted by Gasteiger charge is 2.31. The first-order valence-electron chi connectivity index (χ1n) is 6.10. The van der Waals surface area contributed by atoms with Crippen molar-refractivity contribution < 1.29 is 21.6 Å². The van der Waals surface area contributed by atoms with Crippen LogP contribution in [0.3, 0.4) is 0 Å². The summed E-state index contributed by atoms with van der Waals surface area (Å²) in [6.07, 6.45) is -4.60. The van der Waals surface area contributed by atoms with Crippen LogP contribution >= 0.6 is 11.6 Å². The number of halogens is 4. The molecule has 22 heavy (non-hydrogen) atoms. The number of rotatable bonds is 4. The molecule has 0 bridgehead atoms. The lowest BCUT2D eigenvalue weighted by atomic mass is 10.2. The van der Waals surface area contributed by atoms with Crippen molar-refractivity contribution in [3.8, 4) is 0 Å². The third-order valence-electron chi connectivity index (χ3n) is 2.88. The predicted molar refractivity (Wildman–Crippen MR) is 76.9 cm³/mol. The molecule has 0 aliphatic rings. The van der Waals surface area contributed by atoms with Crippen LogP contribution in [-0.4, -0.2) is 8.42 Å². The largest absolute Gasteiger partial charge is 0.416 e. The third kappa shape index (κ3) is 4.00. The molecule has 2 rings (SSSR count). The van der Waals surface area contributed by atoms with E-state index in [4.69, 9.17) is 11.6 Å². The van der Waals surface area contributed by atoms with E-state index in [9.17, 15) is 21.6 Å². The Hall–Kier alpha value is -1.57. The van der Waals surface area contributed by atoms with Gasteiger partial charge in [0, 0.05) is 11.6 Å². The molecule has 118 valence electrons. The second kappa shape index (κ2) is 6.28. The van der Waals surface area contributed by atoms with E-state index in [2.05, 4.69) is 4.72 Å². The van der Waals surface area contributed by atoms with Gasteiger partial charge in [0.25, 0.3) is 0 Å². The van der Waals surface area contributed by atoms with Crippen molar-refractivity contribution in [1.29, 1.82) is 0 Å². The predicted octanol–water partition coefficient (Wildman–Crippen LogP) is 3.84. The van der Waals surface area contributed by atoms with Crippen molar-refractivity contribution in [3.05, 3.63) is 64.7 Å². The molecule has 2 aromatic carbocycles. The molecule has 0 aliphatic carbocycles. The molecule has 0 saturated heterocycles. The zero-order valence-corrected chi connectivity index (χ0v) is 12.6. The van der Waals surface area contributed by atoms with E-state index in [0.29, 0.717) is 16.7 Å². The Morgan fingerprint density at radius 3 is 2.36 bits per heavy atom. The highest BCUT2D eigenvalue weighted by Crippen LogP contribution is 2.30. The molecule has 0 amide bonds. The van der Waals surface area contributed by atoms with Crippen LogP contribution in [-0.2, 0) is 22.7 Å². The van der Waals surface area contributed by atoms with Gasteiger partial charge in [0.2, 0.25) is 10.0 Å². The van der Waals surface area contributed by atoms with Gasteiger partial charge in [-0.05, 0) is 29.8 Å². The average Bonchev–Trinajstić information content (AvgIpc) is 2.46. The monoisotopic (exact) mass is 349 g/mol. The van der Waals surface area contributed by atoms with Gasteiger partial charge in [0.1, 0.15) is 0 Å². The Morgan fingerprint density at radius 2 is 1.73 bits per heavy atom. The maximum atomic E-state index is 12.6. The second-order valence-electron chi connectivity index (χ2n) is 4.44. The van der Waals surface area contributed by atoms with Gasteiger partial charge in [0.15, 0.2) is 0 Å². The first-order valence-corrected chi connectivity index (χ1v) is 7.96. The van der Waals surface area contributed by atoms with Crippen molar-refractivity contribution >= 4 is 21.6 Å². The molecule has 0 fully saturated rings. The van der Waals surface area contributed by atoms with Crippen LogP contribution in [0.25, 0.3) is 0 Å². The average molecular weight is 350 g/mol. The highest BCUT2D eigenvalue weighted by atomic mass is 35.5. The lowest BCUT2D eigenvalue weighted by Gasteiger charge is -2.11. The van der Waals surface area contributed by atoms with Crippen LogP contribution in [0.4, 0.5) is 13.2 Å². The molecule has 0 aromatic heterocycles. The van der Waals surface area contributed by atoms with E-state index < -0.39 is 26.7 Å². The second-order valence-corrected chi connectivity index (χ2v) is 6.62.